The van der Waals surface area contributed by atoms with Crippen LogP contribution in [0.2, 0.25) is 0 Å². The molecule has 3 atom stereocenters. The van der Waals surface area contributed by atoms with Gasteiger partial charge >= 0.3 is 5.97 Å². The van der Waals surface area contributed by atoms with Crippen LogP contribution in [-0.4, -0.2) is 11.8 Å². The fourth-order valence-electron chi connectivity index (χ4n) is 2.95. The normalized spacial score (nSPS) is 38.6. The maximum absolute atomic E-state index is 11.4. The van der Waals surface area contributed by atoms with E-state index >= 15 is 0 Å². The van der Waals surface area contributed by atoms with E-state index in [1.54, 1.807) is 0 Å². The quantitative estimate of drug-likeness (QED) is 0.642. The summed E-state index contributed by atoms with van der Waals surface area (Å²) in [6.07, 6.45) is 5.92. The van der Waals surface area contributed by atoms with Gasteiger partial charge in [-0.2, -0.15) is 0 Å². The Balaban J connectivity index is 2.25. The lowest BCUT2D eigenvalue weighted by molar-refractivity contribution is -0.261. The predicted octanol–water partition coefficient (Wildman–Crippen LogP) is 2.86. The number of hydrogen-bond acceptors (Lipinski definition) is 3. The Kier molecular flexibility index (Phi) is 2.96. The summed E-state index contributed by atoms with van der Waals surface area (Å²) in [7, 11) is 0. The van der Waals surface area contributed by atoms with Crippen LogP contribution in [0, 0.1) is 17.8 Å². The third-order valence-electron chi connectivity index (χ3n) is 3.72. The zero-order chi connectivity index (χ0) is 11.8. The molecule has 0 saturated heterocycles. The van der Waals surface area contributed by atoms with Gasteiger partial charge < -0.3 is 9.47 Å². The molecule has 1 heterocycles. The van der Waals surface area contributed by atoms with Gasteiger partial charge in [-0.3, -0.25) is 0 Å². The van der Waals surface area contributed by atoms with Gasteiger partial charge in [0.2, 0.25) is 0 Å². The second-order valence-corrected chi connectivity index (χ2v) is 5.39. The van der Waals surface area contributed by atoms with Crippen LogP contribution >= 0.6 is 0 Å². The first-order valence-electron chi connectivity index (χ1n) is 6.11. The molecular formula is C13H20O3. The molecule has 3 nitrogen and oxygen atoms in total. The van der Waals surface area contributed by atoms with Gasteiger partial charge in [-0.05, 0) is 24.7 Å². The van der Waals surface area contributed by atoms with Gasteiger partial charge in [0.15, 0.2) is 0 Å². The Labute approximate surface area is 96.8 Å². The van der Waals surface area contributed by atoms with E-state index < -0.39 is 5.79 Å². The van der Waals surface area contributed by atoms with Crippen molar-refractivity contribution in [1.29, 1.82) is 0 Å². The highest BCUT2D eigenvalue weighted by Gasteiger charge is 2.50. The van der Waals surface area contributed by atoms with Crippen LogP contribution in [0.5, 0.6) is 0 Å². The molecule has 0 aromatic rings. The van der Waals surface area contributed by atoms with Crippen molar-refractivity contribution in [3.63, 3.8) is 0 Å². The highest BCUT2D eigenvalue weighted by atomic mass is 16.7. The van der Waals surface area contributed by atoms with Crippen LogP contribution in [0.4, 0.5) is 0 Å². The van der Waals surface area contributed by atoms with Crippen LogP contribution in [0.1, 0.15) is 40.0 Å². The van der Waals surface area contributed by atoms with Crippen LogP contribution in [0.25, 0.3) is 0 Å². The van der Waals surface area contributed by atoms with Crippen molar-refractivity contribution in [3.05, 3.63) is 12.3 Å². The lowest BCUT2D eigenvalue weighted by atomic mass is 9.72. The zero-order valence-electron chi connectivity index (χ0n) is 10.2. The summed E-state index contributed by atoms with van der Waals surface area (Å²) >= 11 is 0. The number of carbonyl (C=O) groups excluding carboxylic acids is 1. The average Bonchev–Trinajstić information content (AvgIpc) is 2.16. The van der Waals surface area contributed by atoms with E-state index in [0.29, 0.717) is 17.8 Å². The minimum atomic E-state index is -0.697. The first-order valence-corrected chi connectivity index (χ1v) is 6.11. The maximum Gasteiger partial charge on any atom is 0.337 e. The molecule has 0 amide bonds. The molecule has 0 N–H and O–H groups in total. The molecule has 1 aliphatic heterocycles. The molecule has 16 heavy (non-hydrogen) atoms. The Bertz CT molecular complexity index is 308. The van der Waals surface area contributed by atoms with Crippen molar-refractivity contribution in [2.24, 2.45) is 17.8 Å². The van der Waals surface area contributed by atoms with E-state index in [9.17, 15) is 4.79 Å². The van der Waals surface area contributed by atoms with Gasteiger partial charge in [0.25, 0.3) is 5.79 Å². The fraction of sp³-hybridized carbons (Fsp3) is 0.769. The molecule has 0 aromatic carbocycles. The molecule has 1 aliphatic carbocycles. The smallest absolute Gasteiger partial charge is 0.337 e. The molecule has 2 aliphatic rings. The topological polar surface area (TPSA) is 35.5 Å². The van der Waals surface area contributed by atoms with Crippen LogP contribution in [-0.2, 0) is 14.3 Å². The van der Waals surface area contributed by atoms with Crippen LogP contribution in [0.15, 0.2) is 12.3 Å². The molecule has 3 heteroatoms. The van der Waals surface area contributed by atoms with E-state index in [0.717, 1.165) is 12.8 Å². The number of rotatable bonds is 1. The van der Waals surface area contributed by atoms with Crippen molar-refractivity contribution < 1.29 is 14.3 Å². The molecule has 90 valence electrons. The summed E-state index contributed by atoms with van der Waals surface area (Å²) in [4.78, 5) is 11.4. The third-order valence-corrected chi connectivity index (χ3v) is 3.72. The summed E-state index contributed by atoms with van der Waals surface area (Å²) in [5.41, 5.74) is 0. The van der Waals surface area contributed by atoms with E-state index in [-0.39, 0.29) is 5.97 Å². The van der Waals surface area contributed by atoms with Crippen LogP contribution < -0.4 is 0 Å². The molecule has 2 rings (SSSR count). The second kappa shape index (κ2) is 4.11. The molecule has 1 fully saturated rings. The Morgan fingerprint density at radius 1 is 1.44 bits per heavy atom. The standard InChI is InChI=1S/C13H20O3/c1-9(2)11-5-4-10(3)8-13(11)15-7-6-12(14)16-13/h6-7,9-11H,4-5,8H2,1-3H3/t10?,11?,13-/m0/s1. The molecular weight excluding hydrogens is 204 g/mol. The van der Waals surface area contributed by atoms with Crippen LogP contribution in [0.3, 0.4) is 0 Å². The van der Waals surface area contributed by atoms with E-state index in [2.05, 4.69) is 20.8 Å². The number of carbonyl (C=O) groups is 1. The lowest BCUT2D eigenvalue weighted by Gasteiger charge is -2.46. The van der Waals surface area contributed by atoms with Gasteiger partial charge in [0, 0.05) is 12.3 Å². The summed E-state index contributed by atoms with van der Waals surface area (Å²) in [5.74, 6) is 0.349. The predicted molar refractivity (Wildman–Crippen MR) is 60.4 cm³/mol. The summed E-state index contributed by atoms with van der Waals surface area (Å²) < 4.78 is 11.2. The molecule has 0 aromatic heterocycles. The summed E-state index contributed by atoms with van der Waals surface area (Å²) in [6.45, 7) is 6.52. The number of esters is 1. The first-order chi connectivity index (χ1) is 7.53. The molecule has 2 unspecified atom stereocenters. The first kappa shape index (κ1) is 11.5. The largest absolute Gasteiger partial charge is 0.459 e. The number of hydrogen-bond donors (Lipinski definition) is 0. The van der Waals surface area contributed by atoms with Gasteiger partial charge in [-0.1, -0.05) is 20.8 Å². The monoisotopic (exact) mass is 224 g/mol. The van der Waals surface area contributed by atoms with Crippen molar-refractivity contribution in [3.8, 4) is 0 Å². The Hall–Kier alpha value is -0.990. The fourth-order valence-corrected chi connectivity index (χ4v) is 2.95. The van der Waals surface area contributed by atoms with Crippen molar-refractivity contribution >= 4 is 5.97 Å². The minimum Gasteiger partial charge on any atom is -0.459 e. The molecule has 0 bridgehead atoms. The SMILES string of the molecule is CC1CCC(C(C)C)[C@@]2(C1)OC=CC(=O)O2. The van der Waals surface area contributed by atoms with Gasteiger partial charge in [0.1, 0.15) is 0 Å². The average molecular weight is 224 g/mol. The minimum absolute atomic E-state index is 0.272. The van der Waals surface area contributed by atoms with E-state index in [4.69, 9.17) is 9.47 Å². The lowest BCUT2D eigenvalue weighted by Crippen LogP contribution is -2.51. The molecule has 1 spiro atoms. The van der Waals surface area contributed by atoms with Gasteiger partial charge in [0.05, 0.1) is 12.3 Å². The Morgan fingerprint density at radius 2 is 2.19 bits per heavy atom. The Morgan fingerprint density at radius 3 is 2.81 bits per heavy atom. The highest BCUT2D eigenvalue weighted by molar-refractivity contribution is 5.82. The molecule has 0 radical (unpaired) electrons. The van der Waals surface area contributed by atoms with E-state index in [1.807, 2.05) is 0 Å². The summed E-state index contributed by atoms with van der Waals surface area (Å²) in [5, 5.41) is 0. The number of ether oxygens (including phenoxy) is 2. The maximum atomic E-state index is 11.4. The third kappa shape index (κ3) is 1.95. The zero-order valence-corrected chi connectivity index (χ0v) is 10.2. The van der Waals surface area contributed by atoms with Gasteiger partial charge in [-0.25, -0.2) is 4.79 Å². The summed E-state index contributed by atoms with van der Waals surface area (Å²) in [6, 6.07) is 0. The van der Waals surface area contributed by atoms with Crippen molar-refractivity contribution in [2.75, 3.05) is 0 Å². The van der Waals surface area contributed by atoms with Crippen molar-refractivity contribution in [2.45, 2.75) is 45.8 Å². The van der Waals surface area contributed by atoms with Crippen molar-refractivity contribution in [1.82, 2.24) is 0 Å². The van der Waals surface area contributed by atoms with E-state index in [1.165, 1.54) is 18.8 Å². The molecule has 1 saturated carbocycles. The second-order valence-electron chi connectivity index (χ2n) is 5.39. The highest BCUT2D eigenvalue weighted by Crippen LogP contribution is 2.45. The van der Waals surface area contributed by atoms with Gasteiger partial charge in [-0.15, -0.1) is 0 Å².